The van der Waals surface area contributed by atoms with E-state index in [1.165, 1.54) is 6.42 Å². The van der Waals surface area contributed by atoms with Crippen LogP contribution in [0.15, 0.2) is 11.8 Å². The Labute approximate surface area is 66.2 Å². The van der Waals surface area contributed by atoms with Crippen LogP contribution in [0, 0.1) is 5.92 Å². The summed E-state index contributed by atoms with van der Waals surface area (Å²) in [6, 6.07) is 0. The minimum Gasteiger partial charge on any atom is -0.498 e. The first-order chi connectivity index (χ1) is 5.36. The van der Waals surface area contributed by atoms with Gasteiger partial charge < -0.3 is 4.74 Å². The van der Waals surface area contributed by atoms with Gasteiger partial charge in [0.2, 0.25) is 0 Å². The maximum absolute atomic E-state index is 11.0. The van der Waals surface area contributed by atoms with Gasteiger partial charge in [-0.1, -0.05) is 0 Å². The summed E-state index contributed by atoms with van der Waals surface area (Å²) in [4.78, 5) is 11.0. The highest BCUT2D eigenvalue weighted by Gasteiger charge is 2.25. The van der Waals surface area contributed by atoms with Gasteiger partial charge in [-0.05, 0) is 19.3 Å². The van der Waals surface area contributed by atoms with Gasteiger partial charge in [0.05, 0.1) is 6.61 Å². The SMILES string of the molecule is O=C1C=C2OCCCC2CC1. The molecule has 1 atom stereocenters. The van der Waals surface area contributed by atoms with Crippen molar-refractivity contribution in [3.05, 3.63) is 11.8 Å². The van der Waals surface area contributed by atoms with Crippen LogP contribution in [0.4, 0.5) is 0 Å². The topological polar surface area (TPSA) is 26.3 Å². The minimum atomic E-state index is 0.234. The summed E-state index contributed by atoms with van der Waals surface area (Å²) in [7, 11) is 0. The maximum atomic E-state index is 11.0. The summed E-state index contributed by atoms with van der Waals surface area (Å²) in [5, 5.41) is 0. The van der Waals surface area contributed by atoms with Crippen LogP contribution >= 0.6 is 0 Å². The van der Waals surface area contributed by atoms with Crippen molar-refractivity contribution < 1.29 is 9.53 Å². The fourth-order valence-corrected chi connectivity index (χ4v) is 1.77. The van der Waals surface area contributed by atoms with Crippen LogP contribution in [0.2, 0.25) is 0 Å². The van der Waals surface area contributed by atoms with E-state index < -0.39 is 0 Å². The van der Waals surface area contributed by atoms with Crippen molar-refractivity contribution in [1.29, 1.82) is 0 Å². The van der Waals surface area contributed by atoms with E-state index in [4.69, 9.17) is 4.74 Å². The van der Waals surface area contributed by atoms with E-state index in [0.29, 0.717) is 5.92 Å². The summed E-state index contributed by atoms with van der Waals surface area (Å²) in [5.74, 6) is 1.74. The zero-order valence-corrected chi connectivity index (χ0v) is 6.51. The largest absolute Gasteiger partial charge is 0.498 e. The molecular formula is C9H12O2. The van der Waals surface area contributed by atoms with Crippen molar-refractivity contribution in [2.24, 2.45) is 5.92 Å². The molecule has 0 bridgehead atoms. The Hall–Kier alpha value is -0.790. The number of carbonyl (C=O) groups is 1. The predicted octanol–water partition coefficient (Wildman–Crippen LogP) is 1.66. The summed E-state index contributed by atoms with van der Waals surface area (Å²) in [5.41, 5.74) is 0. The van der Waals surface area contributed by atoms with E-state index in [2.05, 4.69) is 0 Å². The molecule has 2 aliphatic rings. The predicted molar refractivity (Wildman–Crippen MR) is 41.0 cm³/mol. The molecule has 1 aliphatic carbocycles. The molecule has 60 valence electrons. The van der Waals surface area contributed by atoms with Crippen LogP contribution in [0.1, 0.15) is 25.7 Å². The van der Waals surface area contributed by atoms with Gasteiger partial charge in [0.1, 0.15) is 5.76 Å². The van der Waals surface area contributed by atoms with E-state index >= 15 is 0 Å². The van der Waals surface area contributed by atoms with Crippen LogP contribution in [0.3, 0.4) is 0 Å². The van der Waals surface area contributed by atoms with E-state index in [0.717, 1.165) is 31.6 Å². The van der Waals surface area contributed by atoms with Crippen molar-refractivity contribution in [1.82, 2.24) is 0 Å². The first-order valence-electron chi connectivity index (χ1n) is 4.23. The molecule has 1 fully saturated rings. The van der Waals surface area contributed by atoms with Gasteiger partial charge >= 0.3 is 0 Å². The molecule has 0 amide bonds. The quantitative estimate of drug-likeness (QED) is 0.527. The van der Waals surface area contributed by atoms with Gasteiger partial charge in [-0.2, -0.15) is 0 Å². The van der Waals surface area contributed by atoms with Gasteiger partial charge in [0.15, 0.2) is 5.78 Å². The third kappa shape index (κ3) is 1.30. The third-order valence-electron chi connectivity index (χ3n) is 2.41. The molecule has 0 aromatic heterocycles. The fourth-order valence-electron chi connectivity index (χ4n) is 1.77. The average Bonchev–Trinajstić information content (AvgIpc) is 2.04. The van der Waals surface area contributed by atoms with Crippen molar-refractivity contribution in [3.8, 4) is 0 Å². The third-order valence-corrected chi connectivity index (χ3v) is 2.41. The normalized spacial score (nSPS) is 30.4. The highest BCUT2D eigenvalue weighted by Crippen LogP contribution is 2.31. The zero-order valence-electron chi connectivity index (χ0n) is 6.51. The Morgan fingerprint density at radius 3 is 3.27 bits per heavy atom. The maximum Gasteiger partial charge on any atom is 0.159 e. The number of allylic oxidation sites excluding steroid dienone is 2. The minimum absolute atomic E-state index is 0.234. The van der Waals surface area contributed by atoms with Gasteiger partial charge in [-0.25, -0.2) is 0 Å². The number of ether oxygens (including phenoxy) is 1. The van der Waals surface area contributed by atoms with Crippen LogP contribution < -0.4 is 0 Å². The number of ketones is 1. The van der Waals surface area contributed by atoms with Crippen molar-refractivity contribution in [3.63, 3.8) is 0 Å². The van der Waals surface area contributed by atoms with Gasteiger partial charge in [-0.15, -0.1) is 0 Å². The number of carbonyl (C=O) groups excluding carboxylic acids is 1. The second-order valence-electron chi connectivity index (χ2n) is 3.24. The van der Waals surface area contributed by atoms with E-state index in [1.807, 2.05) is 0 Å². The lowest BCUT2D eigenvalue weighted by Gasteiger charge is -2.28. The number of hydrogen-bond donors (Lipinski definition) is 0. The smallest absolute Gasteiger partial charge is 0.159 e. The Kier molecular flexibility index (Phi) is 1.68. The molecular weight excluding hydrogens is 140 g/mol. The summed E-state index contributed by atoms with van der Waals surface area (Å²) < 4.78 is 5.39. The van der Waals surface area contributed by atoms with Crippen LogP contribution in [0.25, 0.3) is 0 Å². The van der Waals surface area contributed by atoms with Gasteiger partial charge in [-0.3, -0.25) is 4.79 Å². The molecule has 2 rings (SSSR count). The lowest BCUT2D eigenvalue weighted by Crippen LogP contribution is -2.21. The molecule has 0 N–H and O–H groups in total. The second-order valence-corrected chi connectivity index (χ2v) is 3.24. The molecule has 11 heavy (non-hydrogen) atoms. The molecule has 0 aromatic rings. The van der Waals surface area contributed by atoms with E-state index in [9.17, 15) is 4.79 Å². The molecule has 1 unspecified atom stereocenters. The molecule has 2 nitrogen and oxygen atoms in total. The molecule has 0 radical (unpaired) electrons. The first kappa shape index (κ1) is 6.89. The number of hydrogen-bond acceptors (Lipinski definition) is 2. The highest BCUT2D eigenvalue weighted by molar-refractivity contribution is 5.91. The molecule has 0 spiro atoms. The molecule has 0 aromatic carbocycles. The lowest BCUT2D eigenvalue weighted by molar-refractivity contribution is -0.116. The van der Waals surface area contributed by atoms with Crippen LogP contribution in [0.5, 0.6) is 0 Å². The van der Waals surface area contributed by atoms with Crippen molar-refractivity contribution >= 4 is 5.78 Å². The van der Waals surface area contributed by atoms with Gasteiger partial charge in [0.25, 0.3) is 0 Å². The van der Waals surface area contributed by atoms with E-state index in [-0.39, 0.29) is 5.78 Å². The summed E-state index contributed by atoms with van der Waals surface area (Å²) in [6.45, 7) is 0.801. The zero-order chi connectivity index (χ0) is 7.68. The highest BCUT2D eigenvalue weighted by atomic mass is 16.5. The first-order valence-corrected chi connectivity index (χ1v) is 4.23. The fraction of sp³-hybridized carbons (Fsp3) is 0.667. The molecule has 1 saturated heterocycles. The standard InChI is InChI=1S/C9H12O2/c10-8-4-3-7-2-1-5-11-9(7)6-8/h6-7H,1-5H2. The second kappa shape index (κ2) is 2.68. The van der Waals surface area contributed by atoms with Crippen molar-refractivity contribution in [2.45, 2.75) is 25.7 Å². The Morgan fingerprint density at radius 1 is 1.45 bits per heavy atom. The van der Waals surface area contributed by atoms with Gasteiger partial charge in [0, 0.05) is 18.4 Å². The molecule has 0 saturated carbocycles. The monoisotopic (exact) mass is 152 g/mol. The summed E-state index contributed by atoms with van der Waals surface area (Å²) in [6.07, 6.45) is 5.77. The van der Waals surface area contributed by atoms with E-state index in [1.54, 1.807) is 6.08 Å². The molecule has 2 heteroatoms. The summed E-state index contributed by atoms with van der Waals surface area (Å²) >= 11 is 0. The van der Waals surface area contributed by atoms with Crippen molar-refractivity contribution in [2.75, 3.05) is 6.61 Å². The Balaban J connectivity index is 2.16. The van der Waals surface area contributed by atoms with Crippen LogP contribution in [-0.4, -0.2) is 12.4 Å². The molecule has 1 aliphatic heterocycles. The number of fused-ring (bicyclic) bond motifs is 1. The Bertz CT molecular complexity index is 206. The molecule has 1 heterocycles. The number of rotatable bonds is 0. The average molecular weight is 152 g/mol. The van der Waals surface area contributed by atoms with Crippen LogP contribution in [-0.2, 0) is 9.53 Å². The Morgan fingerprint density at radius 2 is 2.36 bits per heavy atom. The lowest BCUT2D eigenvalue weighted by atomic mass is 9.88.